The summed E-state index contributed by atoms with van der Waals surface area (Å²) in [5.41, 5.74) is -0.247. The number of unbranched alkanes of at least 4 members (excludes halogenated alkanes) is 5. The topological polar surface area (TPSA) is 134 Å². The summed E-state index contributed by atoms with van der Waals surface area (Å²) < 4.78 is 10.2. The monoisotopic (exact) mass is 549 g/mol. The van der Waals surface area contributed by atoms with Gasteiger partial charge in [0.25, 0.3) is 0 Å². The predicted molar refractivity (Wildman–Crippen MR) is 149 cm³/mol. The first-order valence-electron chi connectivity index (χ1n) is 13.9. The molecule has 2 unspecified atom stereocenters. The number of nitrogens with one attached hydrogen (secondary N) is 2. The van der Waals surface area contributed by atoms with Gasteiger partial charge < -0.3 is 30.1 Å². The third kappa shape index (κ3) is 13.4. The molecule has 1 rings (SSSR count). The van der Waals surface area contributed by atoms with E-state index < -0.39 is 41.6 Å². The number of ether oxygens (including phenoxy) is 2. The molecular weight excluding hydrogens is 502 g/mol. The Morgan fingerprint density at radius 1 is 0.974 bits per heavy atom. The van der Waals surface area contributed by atoms with E-state index >= 15 is 0 Å². The van der Waals surface area contributed by atoms with Crippen LogP contribution in [-0.4, -0.2) is 65.2 Å². The maximum Gasteiger partial charge on any atom is 0.408 e. The lowest BCUT2D eigenvalue weighted by Gasteiger charge is -2.33. The van der Waals surface area contributed by atoms with Gasteiger partial charge in [-0.3, -0.25) is 14.4 Å². The molecule has 0 aromatic heterocycles. The van der Waals surface area contributed by atoms with Crippen LogP contribution >= 0.6 is 0 Å². The van der Waals surface area contributed by atoms with Crippen molar-refractivity contribution in [1.82, 2.24) is 15.5 Å². The summed E-state index contributed by atoms with van der Waals surface area (Å²) in [4.78, 5) is 52.8. The van der Waals surface area contributed by atoms with Crippen LogP contribution in [0.1, 0.15) is 98.1 Å². The first-order chi connectivity index (χ1) is 18.4. The second-order valence-corrected chi connectivity index (χ2v) is 10.5. The Hall–Kier alpha value is -3.30. The van der Waals surface area contributed by atoms with Crippen LogP contribution in [-0.2, 0) is 23.9 Å². The first kappa shape index (κ1) is 33.7. The maximum atomic E-state index is 13.7. The fourth-order valence-corrected chi connectivity index (χ4v) is 3.97. The molecule has 0 radical (unpaired) electrons. The fraction of sp³-hybridized carbons (Fsp3) is 0.655. The summed E-state index contributed by atoms with van der Waals surface area (Å²) in [5.74, 6) is -1.34. The molecule has 0 saturated heterocycles. The van der Waals surface area contributed by atoms with Gasteiger partial charge in [-0.1, -0.05) is 51.2 Å². The standard InChI is InChI=1S/C29H47N3O7/c1-7-9-10-11-12-13-20-32(27(36)21(3)31-28(37)39-29(4,5)6)25(22-14-16-23(33)17-15-22)26(35)30-19-18-24(34)38-8-2/h14-17,21,25,33H,7-13,18-20H2,1-6H3,(H,30,35)(H,31,37). The lowest BCUT2D eigenvalue weighted by molar-refractivity contribution is -0.144. The minimum atomic E-state index is -1.04. The van der Waals surface area contributed by atoms with Crippen molar-refractivity contribution in [3.05, 3.63) is 29.8 Å². The van der Waals surface area contributed by atoms with Crippen LogP contribution in [0.5, 0.6) is 5.75 Å². The van der Waals surface area contributed by atoms with E-state index in [0.717, 1.165) is 32.1 Å². The number of phenolic OH excluding ortho intramolecular Hbond substituents is 1. The fourth-order valence-electron chi connectivity index (χ4n) is 3.97. The van der Waals surface area contributed by atoms with Crippen molar-refractivity contribution < 1.29 is 33.8 Å². The van der Waals surface area contributed by atoms with Crippen LogP contribution in [0.15, 0.2) is 24.3 Å². The molecule has 10 nitrogen and oxygen atoms in total. The van der Waals surface area contributed by atoms with Crippen LogP contribution in [0.4, 0.5) is 4.79 Å². The summed E-state index contributed by atoms with van der Waals surface area (Å²) in [6.07, 6.45) is 5.16. The van der Waals surface area contributed by atoms with Crippen LogP contribution in [0.25, 0.3) is 0 Å². The van der Waals surface area contributed by atoms with Gasteiger partial charge in [0, 0.05) is 13.1 Å². The van der Waals surface area contributed by atoms with Gasteiger partial charge in [0.15, 0.2) is 0 Å². The minimum Gasteiger partial charge on any atom is -0.508 e. The van der Waals surface area contributed by atoms with Gasteiger partial charge >= 0.3 is 12.1 Å². The van der Waals surface area contributed by atoms with Gasteiger partial charge in [-0.15, -0.1) is 0 Å². The highest BCUT2D eigenvalue weighted by molar-refractivity contribution is 5.92. The van der Waals surface area contributed by atoms with Gasteiger partial charge in [0.1, 0.15) is 23.4 Å². The molecule has 0 aliphatic heterocycles. The summed E-state index contributed by atoms with van der Waals surface area (Å²) in [6, 6.07) is 4.05. The average Bonchev–Trinajstić information content (AvgIpc) is 2.84. The van der Waals surface area contributed by atoms with E-state index in [9.17, 15) is 24.3 Å². The summed E-state index contributed by atoms with van der Waals surface area (Å²) in [7, 11) is 0. The van der Waals surface area contributed by atoms with Crippen LogP contribution < -0.4 is 10.6 Å². The molecule has 10 heteroatoms. The minimum absolute atomic E-state index is 0.0101. The largest absolute Gasteiger partial charge is 0.508 e. The van der Waals surface area contributed by atoms with E-state index in [1.54, 1.807) is 46.8 Å². The van der Waals surface area contributed by atoms with Gasteiger partial charge in [-0.05, 0) is 58.7 Å². The zero-order chi connectivity index (χ0) is 29.4. The quantitative estimate of drug-likeness (QED) is 0.203. The van der Waals surface area contributed by atoms with Gasteiger partial charge in [0.2, 0.25) is 11.8 Å². The molecular formula is C29H47N3O7. The number of hydrogen-bond acceptors (Lipinski definition) is 7. The SMILES string of the molecule is CCCCCCCCN(C(=O)C(C)NC(=O)OC(C)(C)C)C(C(=O)NCCC(=O)OCC)c1ccc(O)cc1. The molecule has 3 amide bonds. The highest BCUT2D eigenvalue weighted by atomic mass is 16.6. The summed E-state index contributed by atoms with van der Waals surface area (Å²) >= 11 is 0. The number of nitrogens with zero attached hydrogens (tertiary/aromatic N) is 1. The number of phenols is 1. The highest BCUT2D eigenvalue weighted by Crippen LogP contribution is 2.25. The Balaban J connectivity index is 3.21. The Bertz CT molecular complexity index is 912. The third-order valence-electron chi connectivity index (χ3n) is 5.84. The van der Waals surface area contributed by atoms with Crippen molar-refractivity contribution in [3.63, 3.8) is 0 Å². The Morgan fingerprint density at radius 3 is 2.18 bits per heavy atom. The molecule has 0 aliphatic rings. The highest BCUT2D eigenvalue weighted by Gasteiger charge is 2.34. The van der Waals surface area contributed by atoms with Crippen molar-refractivity contribution in [1.29, 1.82) is 0 Å². The molecule has 1 aromatic rings. The van der Waals surface area contributed by atoms with E-state index in [0.29, 0.717) is 12.0 Å². The molecule has 0 bridgehead atoms. The number of esters is 1. The molecule has 0 heterocycles. The van der Waals surface area contributed by atoms with E-state index in [4.69, 9.17) is 9.47 Å². The molecule has 0 aliphatic carbocycles. The lowest BCUT2D eigenvalue weighted by Crippen LogP contribution is -2.52. The van der Waals surface area contributed by atoms with Crippen LogP contribution in [0.2, 0.25) is 0 Å². The second kappa shape index (κ2) is 17.3. The zero-order valence-electron chi connectivity index (χ0n) is 24.4. The van der Waals surface area contributed by atoms with Crippen molar-refractivity contribution in [2.75, 3.05) is 19.7 Å². The van der Waals surface area contributed by atoms with Gasteiger partial charge in [-0.2, -0.15) is 0 Å². The zero-order valence-corrected chi connectivity index (χ0v) is 24.4. The van der Waals surface area contributed by atoms with Crippen molar-refractivity contribution >= 4 is 23.9 Å². The van der Waals surface area contributed by atoms with Crippen molar-refractivity contribution in [3.8, 4) is 5.75 Å². The predicted octanol–water partition coefficient (Wildman–Crippen LogP) is 4.61. The molecule has 0 spiro atoms. The van der Waals surface area contributed by atoms with E-state index in [-0.39, 0.29) is 31.9 Å². The number of carbonyl (C=O) groups excluding carboxylic acids is 4. The molecule has 1 aromatic carbocycles. The third-order valence-corrected chi connectivity index (χ3v) is 5.84. The lowest BCUT2D eigenvalue weighted by atomic mass is 10.0. The summed E-state index contributed by atoms with van der Waals surface area (Å²) in [6.45, 7) is 11.1. The summed E-state index contributed by atoms with van der Waals surface area (Å²) in [5, 5.41) is 15.1. The molecule has 220 valence electrons. The Kier molecular flexibility index (Phi) is 15.0. The molecule has 0 fully saturated rings. The molecule has 2 atom stereocenters. The number of aromatic hydroxyl groups is 1. The smallest absolute Gasteiger partial charge is 0.408 e. The van der Waals surface area contributed by atoms with Crippen LogP contribution in [0.3, 0.4) is 0 Å². The number of alkyl carbamates (subject to hydrolysis) is 1. The van der Waals surface area contributed by atoms with Gasteiger partial charge in [-0.25, -0.2) is 4.79 Å². The van der Waals surface area contributed by atoms with Gasteiger partial charge in [0.05, 0.1) is 13.0 Å². The average molecular weight is 550 g/mol. The Labute approximate surface area is 232 Å². The van der Waals surface area contributed by atoms with Crippen LogP contribution in [0, 0.1) is 0 Å². The number of rotatable bonds is 16. The van der Waals surface area contributed by atoms with E-state index in [2.05, 4.69) is 17.6 Å². The number of benzene rings is 1. The maximum absolute atomic E-state index is 13.7. The number of hydrogen-bond donors (Lipinski definition) is 3. The normalized spacial score (nSPS) is 12.7. The molecule has 3 N–H and O–H groups in total. The van der Waals surface area contributed by atoms with Crippen molar-refractivity contribution in [2.45, 2.75) is 104 Å². The van der Waals surface area contributed by atoms with E-state index in [1.165, 1.54) is 17.0 Å². The molecule has 0 saturated carbocycles. The number of carbonyl (C=O) groups is 4. The van der Waals surface area contributed by atoms with E-state index in [1.807, 2.05) is 0 Å². The number of amides is 3. The second-order valence-electron chi connectivity index (χ2n) is 10.5. The van der Waals surface area contributed by atoms with Crippen molar-refractivity contribution in [2.24, 2.45) is 0 Å². The first-order valence-corrected chi connectivity index (χ1v) is 13.9. The molecule has 39 heavy (non-hydrogen) atoms. The Morgan fingerprint density at radius 2 is 1.59 bits per heavy atom.